The number of nitrogens with one attached hydrogen (secondary N) is 1. The summed E-state index contributed by atoms with van der Waals surface area (Å²) in [7, 11) is 0. The zero-order valence-electron chi connectivity index (χ0n) is 14.3. The quantitative estimate of drug-likeness (QED) is 0.906. The first kappa shape index (κ1) is 16.2. The van der Waals surface area contributed by atoms with Crippen molar-refractivity contribution in [1.82, 2.24) is 14.9 Å². The Morgan fingerprint density at radius 1 is 1.30 bits per heavy atom. The van der Waals surface area contributed by atoms with E-state index in [4.69, 9.17) is 0 Å². The number of likely N-dealkylation sites (tertiary alicyclic amines) is 1. The van der Waals surface area contributed by atoms with Crippen LogP contribution >= 0.6 is 0 Å². The lowest BCUT2D eigenvalue weighted by atomic mass is 9.79. The molecule has 1 aromatic heterocycles. The molecule has 1 saturated heterocycles. The number of piperidine rings is 1. The van der Waals surface area contributed by atoms with Crippen LogP contribution in [0.2, 0.25) is 0 Å². The maximum atomic E-state index is 12.4. The number of hydrogen-bond donors (Lipinski definition) is 1. The van der Waals surface area contributed by atoms with E-state index in [0.717, 1.165) is 43.9 Å². The van der Waals surface area contributed by atoms with Crippen LogP contribution < -0.4 is 5.32 Å². The standard InChI is InChI=1S/C18H28N4O/c1-3-13(2)16-11-17(20-12-19-16)21-15-9-14(10-15)18(23)22-7-5-4-6-8-22/h11-15H,3-10H2,1-2H3,(H,19,20,21)/t13?,14-,15-. The van der Waals surface area contributed by atoms with Crippen LogP contribution in [0.5, 0.6) is 0 Å². The van der Waals surface area contributed by atoms with E-state index in [2.05, 4.69) is 34.0 Å². The summed E-state index contributed by atoms with van der Waals surface area (Å²) in [4.78, 5) is 23.2. The van der Waals surface area contributed by atoms with Crippen LogP contribution in [0.3, 0.4) is 0 Å². The van der Waals surface area contributed by atoms with Gasteiger partial charge in [0.05, 0.1) is 0 Å². The highest BCUT2D eigenvalue weighted by Crippen LogP contribution is 2.32. The Labute approximate surface area is 138 Å². The summed E-state index contributed by atoms with van der Waals surface area (Å²) in [6, 6.07) is 2.42. The predicted molar refractivity (Wildman–Crippen MR) is 91.3 cm³/mol. The third-order valence-corrected chi connectivity index (χ3v) is 5.31. The summed E-state index contributed by atoms with van der Waals surface area (Å²) in [6.45, 7) is 6.26. The molecule has 1 N–H and O–H groups in total. The maximum Gasteiger partial charge on any atom is 0.225 e. The molecule has 2 aliphatic rings. The third-order valence-electron chi connectivity index (χ3n) is 5.31. The lowest BCUT2D eigenvalue weighted by Crippen LogP contribution is -2.47. The van der Waals surface area contributed by atoms with Gasteiger partial charge in [-0.2, -0.15) is 0 Å². The van der Waals surface area contributed by atoms with Crippen LogP contribution in [-0.2, 0) is 4.79 Å². The van der Waals surface area contributed by atoms with Crippen molar-refractivity contribution in [1.29, 1.82) is 0 Å². The lowest BCUT2D eigenvalue weighted by molar-refractivity contribution is -0.139. The minimum atomic E-state index is 0.210. The van der Waals surface area contributed by atoms with Gasteiger partial charge < -0.3 is 10.2 Å². The van der Waals surface area contributed by atoms with E-state index in [1.54, 1.807) is 6.33 Å². The lowest BCUT2D eigenvalue weighted by Gasteiger charge is -2.39. The van der Waals surface area contributed by atoms with Crippen molar-refractivity contribution in [2.45, 2.75) is 64.3 Å². The molecule has 1 atom stereocenters. The Morgan fingerprint density at radius 3 is 2.74 bits per heavy atom. The van der Waals surface area contributed by atoms with Gasteiger partial charge in [-0.25, -0.2) is 9.97 Å². The van der Waals surface area contributed by atoms with Crippen LogP contribution in [0.4, 0.5) is 5.82 Å². The highest BCUT2D eigenvalue weighted by Gasteiger charge is 2.37. The number of amides is 1. The van der Waals surface area contributed by atoms with Gasteiger partial charge in [0.25, 0.3) is 0 Å². The molecule has 2 heterocycles. The molecule has 23 heavy (non-hydrogen) atoms. The van der Waals surface area contributed by atoms with Gasteiger partial charge in [-0.1, -0.05) is 13.8 Å². The number of carbonyl (C=O) groups is 1. The van der Waals surface area contributed by atoms with Crippen LogP contribution in [0.1, 0.15) is 64.0 Å². The molecule has 1 aliphatic heterocycles. The molecule has 5 nitrogen and oxygen atoms in total. The van der Waals surface area contributed by atoms with Gasteiger partial charge >= 0.3 is 0 Å². The fourth-order valence-corrected chi connectivity index (χ4v) is 3.45. The van der Waals surface area contributed by atoms with Gasteiger partial charge in [0.15, 0.2) is 0 Å². The van der Waals surface area contributed by atoms with Crippen molar-refractivity contribution in [2.24, 2.45) is 5.92 Å². The van der Waals surface area contributed by atoms with Crippen molar-refractivity contribution < 1.29 is 4.79 Å². The Morgan fingerprint density at radius 2 is 2.04 bits per heavy atom. The van der Waals surface area contributed by atoms with Crippen molar-refractivity contribution in [3.8, 4) is 0 Å². The highest BCUT2D eigenvalue weighted by molar-refractivity contribution is 5.80. The first-order valence-electron chi connectivity index (χ1n) is 9.04. The van der Waals surface area contributed by atoms with Crippen molar-refractivity contribution in [3.05, 3.63) is 18.1 Å². The summed E-state index contributed by atoms with van der Waals surface area (Å²) in [5, 5.41) is 3.46. The molecule has 1 aromatic rings. The molecule has 1 amide bonds. The second-order valence-corrected chi connectivity index (χ2v) is 7.03. The van der Waals surface area contributed by atoms with Gasteiger partial charge in [0.2, 0.25) is 5.91 Å². The van der Waals surface area contributed by atoms with Gasteiger partial charge in [-0.05, 0) is 44.4 Å². The zero-order chi connectivity index (χ0) is 16.2. The summed E-state index contributed by atoms with van der Waals surface area (Å²) < 4.78 is 0. The molecule has 3 rings (SSSR count). The van der Waals surface area contributed by atoms with E-state index in [9.17, 15) is 4.79 Å². The largest absolute Gasteiger partial charge is 0.367 e. The number of aromatic nitrogens is 2. The normalized spacial score (nSPS) is 25.6. The van der Waals surface area contributed by atoms with Gasteiger partial charge in [-0.15, -0.1) is 0 Å². The molecule has 0 bridgehead atoms. The molecule has 1 unspecified atom stereocenters. The first-order chi connectivity index (χ1) is 11.2. The van der Waals surface area contributed by atoms with Crippen LogP contribution in [0.15, 0.2) is 12.4 Å². The number of carbonyl (C=O) groups excluding carboxylic acids is 1. The second-order valence-electron chi connectivity index (χ2n) is 7.03. The Balaban J connectivity index is 1.49. The van der Waals surface area contributed by atoms with Gasteiger partial charge in [0.1, 0.15) is 12.1 Å². The molecular formula is C18H28N4O. The highest BCUT2D eigenvalue weighted by atomic mass is 16.2. The monoisotopic (exact) mass is 316 g/mol. The van der Waals surface area contributed by atoms with E-state index in [1.807, 2.05) is 6.07 Å². The fourth-order valence-electron chi connectivity index (χ4n) is 3.45. The molecule has 0 spiro atoms. The van der Waals surface area contributed by atoms with E-state index in [1.165, 1.54) is 19.3 Å². The average molecular weight is 316 g/mol. The smallest absolute Gasteiger partial charge is 0.225 e. The Kier molecular flexibility index (Phi) is 5.13. The predicted octanol–water partition coefficient (Wildman–Crippen LogP) is 3.19. The number of rotatable bonds is 5. The topological polar surface area (TPSA) is 58.1 Å². The van der Waals surface area contributed by atoms with Gasteiger partial charge in [0, 0.05) is 36.8 Å². The summed E-state index contributed by atoms with van der Waals surface area (Å²) >= 11 is 0. The number of anilines is 1. The Bertz CT molecular complexity index is 536. The molecule has 5 heteroatoms. The molecule has 1 aliphatic carbocycles. The molecule has 1 saturated carbocycles. The second kappa shape index (κ2) is 7.28. The van der Waals surface area contributed by atoms with Crippen LogP contribution in [-0.4, -0.2) is 39.9 Å². The first-order valence-corrected chi connectivity index (χ1v) is 9.04. The number of nitrogens with zero attached hydrogens (tertiary/aromatic N) is 3. The van der Waals surface area contributed by atoms with E-state index >= 15 is 0 Å². The van der Waals surface area contributed by atoms with E-state index in [0.29, 0.717) is 17.9 Å². The Hall–Kier alpha value is -1.65. The summed E-state index contributed by atoms with van der Waals surface area (Å²) in [5.41, 5.74) is 1.09. The minimum absolute atomic E-state index is 0.210. The summed E-state index contributed by atoms with van der Waals surface area (Å²) in [6.07, 6.45) is 8.17. The number of hydrogen-bond acceptors (Lipinski definition) is 4. The molecule has 0 aromatic carbocycles. The van der Waals surface area contributed by atoms with Gasteiger partial charge in [-0.3, -0.25) is 4.79 Å². The van der Waals surface area contributed by atoms with Crippen molar-refractivity contribution in [3.63, 3.8) is 0 Å². The SMILES string of the molecule is CCC(C)c1cc(N[C@H]2C[C@H](C(=O)N3CCCCC3)C2)ncn1. The molecule has 0 radical (unpaired) electrons. The molecule has 2 fully saturated rings. The van der Waals surface area contributed by atoms with Crippen LogP contribution in [0, 0.1) is 5.92 Å². The fraction of sp³-hybridized carbons (Fsp3) is 0.722. The molecular weight excluding hydrogens is 288 g/mol. The average Bonchev–Trinajstić information content (AvgIpc) is 2.57. The minimum Gasteiger partial charge on any atom is -0.367 e. The van der Waals surface area contributed by atoms with Crippen molar-refractivity contribution in [2.75, 3.05) is 18.4 Å². The maximum absolute atomic E-state index is 12.4. The van der Waals surface area contributed by atoms with Crippen molar-refractivity contribution >= 4 is 11.7 Å². The summed E-state index contributed by atoms with van der Waals surface area (Å²) in [5.74, 6) is 1.92. The molecule has 126 valence electrons. The van der Waals surface area contributed by atoms with Crippen LogP contribution in [0.25, 0.3) is 0 Å². The zero-order valence-corrected chi connectivity index (χ0v) is 14.3. The van der Waals surface area contributed by atoms with E-state index < -0.39 is 0 Å². The third kappa shape index (κ3) is 3.82. The van der Waals surface area contributed by atoms with E-state index in [-0.39, 0.29) is 5.92 Å².